The van der Waals surface area contributed by atoms with Crippen LogP contribution in [0.15, 0.2) is 48.7 Å². The van der Waals surface area contributed by atoms with E-state index in [0.717, 1.165) is 26.1 Å². The lowest BCUT2D eigenvalue weighted by Crippen LogP contribution is -2.50. The zero-order chi connectivity index (χ0) is 18.5. The molecule has 1 aliphatic heterocycles. The van der Waals surface area contributed by atoms with Crippen molar-refractivity contribution in [2.24, 2.45) is 5.92 Å². The zero-order valence-corrected chi connectivity index (χ0v) is 15.3. The van der Waals surface area contributed by atoms with Crippen LogP contribution in [0.25, 0.3) is 0 Å². The molecule has 1 aromatic heterocycles. The van der Waals surface area contributed by atoms with Crippen LogP contribution in [0, 0.1) is 17.2 Å². The normalized spacial score (nSPS) is 20.3. The highest BCUT2D eigenvalue weighted by Gasteiger charge is 2.31. The van der Waals surface area contributed by atoms with Crippen LogP contribution in [0.5, 0.6) is 0 Å². The third-order valence-electron chi connectivity index (χ3n) is 5.12. The molecule has 1 fully saturated rings. The van der Waals surface area contributed by atoms with Crippen LogP contribution in [0.4, 0.5) is 0 Å². The van der Waals surface area contributed by atoms with Crippen molar-refractivity contribution < 1.29 is 4.79 Å². The Kier molecular flexibility index (Phi) is 5.65. The number of pyridine rings is 1. The van der Waals surface area contributed by atoms with E-state index in [1.54, 1.807) is 12.1 Å². The summed E-state index contributed by atoms with van der Waals surface area (Å²) in [5.41, 5.74) is 2.18. The summed E-state index contributed by atoms with van der Waals surface area (Å²) in [6.07, 6.45) is 2.40. The van der Waals surface area contributed by atoms with Crippen LogP contribution in [-0.4, -0.2) is 46.9 Å². The summed E-state index contributed by atoms with van der Waals surface area (Å²) in [5.74, 6) is 0.308. The number of benzene rings is 1. The molecule has 1 amide bonds. The molecule has 0 saturated carbocycles. The third-order valence-corrected chi connectivity index (χ3v) is 5.12. The molecule has 3 rings (SSSR count). The maximum absolute atomic E-state index is 12.7. The molecule has 0 N–H and O–H groups in total. The summed E-state index contributed by atoms with van der Waals surface area (Å²) in [7, 11) is 1.86. The Morgan fingerprint density at radius 1 is 1.31 bits per heavy atom. The van der Waals surface area contributed by atoms with Gasteiger partial charge < -0.3 is 4.90 Å². The molecular weight excluding hydrogens is 324 g/mol. The van der Waals surface area contributed by atoms with Crippen molar-refractivity contribution in [2.75, 3.05) is 20.1 Å². The molecule has 5 nitrogen and oxygen atoms in total. The summed E-state index contributed by atoms with van der Waals surface area (Å²) in [6, 6.07) is 16.0. The number of carbonyl (C=O) groups excluding carboxylic acids is 1. The Bertz CT molecular complexity index is 782. The van der Waals surface area contributed by atoms with Gasteiger partial charge in [-0.1, -0.05) is 37.3 Å². The van der Waals surface area contributed by atoms with E-state index >= 15 is 0 Å². The molecule has 0 spiro atoms. The molecule has 0 bridgehead atoms. The molecule has 5 heteroatoms. The highest BCUT2D eigenvalue weighted by atomic mass is 16.2. The SMILES string of the molecule is CC1CN(Cc2ccccc2)CCC1N(C)C(=O)c1ccc(C#N)cn1. The quantitative estimate of drug-likeness (QED) is 0.852. The van der Waals surface area contributed by atoms with Gasteiger partial charge in [-0.15, -0.1) is 0 Å². The second kappa shape index (κ2) is 8.11. The van der Waals surface area contributed by atoms with Gasteiger partial charge >= 0.3 is 0 Å². The number of likely N-dealkylation sites (tertiary alicyclic amines) is 1. The number of hydrogen-bond donors (Lipinski definition) is 0. The van der Waals surface area contributed by atoms with E-state index in [1.165, 1.54) is 11.8 Å². The fourth-order valence-corrected chi connectivity index (χ4v) is 3.70. The molecule has 2 heterocycles. The maximum Gasteiger partial charge on any atom is 0.272 e. The Morgan fingerprint density at radius 3 is 2.69 bits per heavy atom. The van der Waals surface area contributed by atoms with Crippen LogP contribution in [0.3, 0.4) is 0 Å². The lowest BCUT2D eigenvalue weighted by atomic mass is 9.92. The predicted molar refractivity (Wildman–Crippen MR) is 100 cm³/mol. The van der Waals surface area contributed by atoms with Gasteiger partial charge in [0.15, 0.2) is 0 Å². The summed E-state index contributed by atoms with van der Waals surface area (Å²) >= 11 is 0. The van der Waals surface area contributed by atoms with Gasteiger partial charge in [0.25, 0.3) is 5.91 Å². The van der Waals surface area contributed by atoms with Gasteiger partial charge in [-0.25, -0.2) is 4.98 Å². The van der Waals surface area contributed by atoms with Gasteiger partial charge in [-0.05, 0) is 30.0 Å². The van der Waals surface area contributed by atoms with Crippen molar-refractivity contribution in [3.05, 3.63) is 65.5 Å². The predicted octanol–water partition coefficient (Wildman–Crippen LogP) is 2.94. The Hall–Kier alpha value is -2.71. The number of rotatable bonds is 4. The monoisotopic (exact) mass is 348 g/mol. The van der Waals surface area contributed by atoms with Crippen LogP contribution >= 0.6 is 0 Å². The van der Waals surface area contributed by atoms with E-state index in [4.69, 9.17) is 5.26 Å². The van der Waals surface area contributed by atoms with Gasteiger partial charge in [-0.3, -0.25) is 9.69 Å². The van der Waals surface area contributed by atoms with Crippen LogP contribution < -0.4 is 0 Å². The van der Waals surface area contributed by atoms with E-state index in [-0.39, 0.29) is 11.9 Å². The van der Waals surface area contributed by atoms with Gasteiger partial charge in [0.1, 0.15) is 11.8 Å². The maximum atomic E-state index is 12.7. The lowest BCUT2D eigenvalue weighted by molar-refractivity contribution is 0.0493. The van der Waals surface area contributed by atoms with Crippen molar-refractivity contribution >= 4 is 5.91 Å². The molecule has 0 radical (unpaired) electrons. The summed E-state index contributed by atoms with van der Waals surface area (Å²) in [5, 5.41) is 8.86. The molecule has 2 unspecified atom stereocenters. The third kappa shape index (κ3) is 4.09. The molecular formula is C21H24N4O. The number of hydrogen-bond acceptors (Lipinski definition) is 4. The van der Waals surface area contributed by atoms with E-state index in [2.05, 4.69) is 41.1 Å². The largest absolute Gasteiger partial charge is 0.337 e. The Labute approximate surface area is 154 Å². The number of piperidine rings is 1. The van der Waals surface area contributed by atoms with Gasteiger partial charge in [0.2, 0.25) is 0 Å². The van der Waals surface area contributed by atoms with E-state index < -0.39 is 0 Å². The van der Waals surface area contributed by atoms with Gasteiger partial charge in [0, 0.05) is 38.9 Å². The van der Waals surface area contributed by atoms with E-state index in [9.17, 15) is 4.79 Å². The van der Waals surface area contributed by atoms with Crippen LogP contribution in [0.2, 0.25) is 0 Å². The number of nitriles is 1. The van der Waals surface area contributed by atoms with Gasteiger partial charge in [0.05, 0.1) is 5.56 Å². The molecule has 134 valence electrons. The van der Waals surface area contributed by atoms with E-state index in [0.29, 0.717) is 17.2 Å². The Morgan fingerprint density at radius 2 is 2.08 bits per heavy atom. The molecule has 2 atom stereocenters. The summed E-state index contributed by atoms with van der Waals surface area (Å²) in [4.78, 5) is 21.1. The smallest absolute Gasteiger partial charge is 0.272 e. The summed E-state index contributed by atoms with van der Waals surface area (Å²) in [6.45, 7) is 5.10. The van der Waals surface area contributed by atoms with Crippen molar-refractivity contribution in [1.29, 1.82) is 5.26 Å². The molecule has 1 saturated heterocycles. The minimum atomic E-state index is -0.0807. The molecule has 1 aliphatic rings. The van der Waals surface area contributed by atoms with Crippen LogP contribution in [0.1, 0.15) is 35.0 Å². The number of aromatic nitrogens is 1. The van der Waals surface area contributed by atoms with Crippen molar-refractivity contribution in [3.8, 4) is 6.07 Å². The van der Waals surface area contributed by atoms with E-state index in [1.807, 2.05) is 24.1 Å². The van der Waals surface area contributed by atoms with Crippen molar-refractivity contribution in [1.82, 2.24) is 14.8 Å². The lowest BCUT2D eigenvalue weighted by Gasteiger charge is -2.41. The molecule has 1 aromatic carbocycles. The fraction of sp³-hybridized carbons (Fsp3) is 0.381. The number of nitrogens with zero attached hydrogens (tertiary/aromatic N) is 4. The highest BCUT2D eigenvalue weighted by molar-refractivity contribution is 5.92. The zero-order valence-electron chi connectivity index (χ0n) is 15.3. The first-order chi connectivity index (χ1) is 12.6. The average Bonchev–Trinajstić information content (AvgIpc) is 2.68. The molecule has 26 heavy (non-hydrogen) atoms. The topological polar surface area (TPSA) is 60.2 Å². The molecule has 0 aliphatic carbocycles. The minimum Gasteiger partial charge on any atom is -0.337 e. The standard InChI is InChI=1S/C21H24N4O/c1-16-14-25(15-17-6-4-3-5-7-17)11-10-20(16)24(2)21(26)19-9-8-18(12-22)13-23-19/h3-9,13,16,20H,10-11,14-15H2,1-2H3. The Balaban J connectivity index is 1.61. The second-order valence-electron chi connectivity index (χ2n) is 7.01. The number of amides is 1. The van der Waals surface area contributed by atoms with Crippen LogP contribution in [-0.2, 0) is 6.54 Å². The first kappa shape index (κ1) is 18.1. The highest BCUT2D eigenvalue weighted by Crippen LogP contribution is 2.23. The van der Waals surface area contributed by atoms with Gasteiger partial charge in [-0.2, -0.15) is 5.26 Å². The molecule has 2 aromatic rings. The number of carbonyl (C=O) groups is 1. The first-order valence-corrected chi connectivity index (χ1v) is 8.98. The summed E-state index contributed by atoms with van der Waals surface area (Å²) < 4.78 is 0. The fourth-order valence-electron chi connectivity index (χ4n) is 3.70. The minimum absolute atomic E-state index is 0.0807. The van der Waals surface area contributed by atoms with Crippen molar-refractivity contribution in [3.63, 3.8) is 0 Å². The second-order valence-corrected chi connectivity index (χ2v) is 7.01. The average molecular weight is 348 g/mol. The van der Waals surface area contributed by atoms with Crippen molar-refractivity contribution in [2.45, 2.75) is 25.9 Å². The first-order valence-electron chi connectivity index (χ1n) is 8.98.